The third-order valence-electron chi connectivity index (χ3n) is 5.27. The van der Waals surface area contributed by atoms with E-state index in [0.717, 1.165) is 19.1 Å². The largest absolute Gasteiger partial charge is 0.491 e. The molecule has 0 spiro atoms. The Kier molecular flexibility index (Phi) is 8.63. The number of pyridine rings is 1. The SMILES string of the molecule is CCCCOc1c(CN(C(=O)O)C(C)(C)C)n(CC(C)C)c(=O)c2ccc(NS(C)(=O)=O)cc12. The lowest BCUT2D eigenvalue weighted by atomic mass is 10.0. The van der Waals surface area contributed by atoms with E-state index in [4.69, 9.17) is 4.74 Å². The number of nitrogens with zero attached hydrogens (tertiary/aromatic N) is 2. The maximum absolute atomic E-state index is 13.6. The van der Waals surface area contributed by atoms with Gasteiger partial charge in [0, 0.05) is 23.2 Å². The summed E-state index contributed by atoms with van der Waals surface area (Å²) in [6.07, 6.45) is 1.61. The monoisotopic (exact) mass is 495 g/mol. The molecule has 0 fully saturated rings. The molecule has 1 amide bonds. The van der Waals surface area contributed by atoms with Crippen LogP contribution in [0.3, 0.4) is 0 Å². The number of hydrogen-bond acceptors (Lipinski definition) is 5. The second-order valence-corrected chi connectivity index (χ2v) is 11.7. The number of unbranched alkanes of at least 4 members (excludes halogenated alkanes) is 1. The van der Waals surface area contributed by atoms with Gasteiger partial charge in [-0.2, -0.15) is 0 Å². The van der Waals surface area contributed by atoms with Crippen LogP contribution in [0.5, 0.6) is 5.75 Å². The van der Waals surface area contributed by atoms with Crippen molar-refractivity contribution in [2.24, 2.45) is 5.92 Å². The van der Waals surface area contributed by atoms with Crippen LogP contribution in [0.1, 0.15) is 60.1 Å². The van der Waals surface area contributed by atoms with Gasteiger partial charge in [0.15, 0.2) is 0 Å². The molecule has 0 aliphatic rings. The van der Waals surface area contributed by atoms with Gasteiger partial charge < -0.3 is 14.4 Å². The van der Waals surface area contributed by atoms with Gasteiger partial charge in [-0.15, -0.1) is 0 Å². The van der Waals surface area contributed by atoms with Gasteiger partial charge in [0.25, 0.3) is 5.56 Å². The molecule has 2 rings (SSSR count). The number of anilines is 1. The third kappa shape index (κ3) is 6.88. The molecule has 2 aromatic rings. The Morgan fingerprint density at radius 3 is 2.38 bits per heavy atom. The Balaban J connectivity index is 2.90. The first-order valence-corrected chi connectivity index (χ1v) is 13.4. The fraction of sp³-hybridized carbons (Fsp3) is 0.583. The molecule has 9 nitrogen and oxygen atoms in total. The van der Waals surface area contributed by atoms with E-state index in [-0.39, 0.29) is 18.0 Å². The molecule has 34 heavy (non-hydrogen) atoms. The van der Waals surface area contributed by atoms with Gasteiger partial charge in [0.2, 0.25) is 10.0 Å². The van der Waals surface area contributed by atoms with Crippen LogP contribution in [0.2, 0.25) is 0 Å². The van der Waals surface area contributed by atoms with Gasteiger partial charge in [0.1, 0.15) is 5.75 Å². The van der Waals surface area contributed by atoms with Gasteiger partial charge in [-0.3, -0.25) is 14.4 Å². The molecular weight excluding hydrogens is 458 g/mol. The highest BCUT2D eigenvalue weighted by Crippen LogP contribution is 2.33. The zero-order valence-corrected chi connectivity index (χ0v) is 22.0. The van der Waals surface area contributed by atoms with E-state index in [1.165, 1.54) is 4.90 Å². The molecule has 190 valence electrons. The number of rotatable bonds is 10. The maximum atomic E-state index is 13.6. The van der Waals surface area contributed by atoms with Crippen LogP contribution in [0, 0.1) is 5.92 Å². The van der Waals surface area contributed by atoms with E-state index in [1.54, 1.807) is 43.5 Å². The lowest BCUT2D eigenvalue weighted by Crippen LogP contribution is -2.45. The highest BCUT2D eigenvalue weighted by atomic mass is 32.2. The minimum absolute atomic E-state index is 0.0536. The minimum Gasteiger partial charge on any atom is -0.491 e. The van der Waals surface area contributed by atoms with E-state index >= 15 is 0 Å². The highest BCUT2D eigenvalue weighted by Gasteiger charge is 2.30. The van der Waals surface area contributed by atoms with Gasteiger partial charge in [-0.1, -0.05) is 27.2 Å². The number of carbonyl (C=O) groups is 1. The lowest BCUT2D eigenvalue weighted by Gasteiger charge is -2.34. The van der Waals surface area contributed by atoms with Gasteiger partial charge in [-0.25, -0.2) is 13.2 Å². The molecular formula is C24H37N3O6S. The molecule has 0 saturated heterocycles. The van der Waals surface area contributed by atoms with Crippen molar-refractivity contribution in [3.8, 4) is 5.75 Å². The molecule has 1 aromatic heterocycles. The summed E-state index contributed by atoms with van der Waals surface area (Å²) in [5, 5.41) is 10.8. The zero-order chi connectivity index (χ0) is 25.8. The van der Waals surface area contributed by atoms with Crippen LogP contribution < -0.4 is 15.0 Å². The quantitative estimate of drug-likeness (QED) is 0.469. The number of aromatic nitrogens is 1. The Morgan fingerprint density at radius 1 is 1.24 bits per heavy atom. The Hall–Kier alpha value is -2.75. The Bertz CT molecular complexity index is 1200. The number of amides is 1. The predicted molar refractivity (Wildman–Crippen MR) is 135 cm³/mol. The van der Waals surface area contributed by atoms with Crippen LogP contribution in [-0.4, -0.2) is 47.5 Å². The van der Waals surface area contributed by atoms with Crippen LogP contribution in [-0.2, 0) is 23.1 Å². The van der Waals surface area contributed by atoms with Crippen LogP contribution in [0.15, 0.2) is 23.0 Å². The Morgan fingerprint density at radius 2 is 1.88 bits per heavy atom. The predicted octanol–water partition coefficient (Wildman–Crippen LogP) is 4.49. The molecule has 1 heterocycles. The fourth-order valence-electron chi connectivity index (χ4n) is 3.68. The molecule has 0 atom stereocenters. The van der Waals surface area contributed by atoms with E-state index in [1.807, 2.05) is 20.8 Å². The molecule has 0 radical (unpaired) electrons. The normalized spacial score (nSPS) is 12.2. The summed E-state index contributed by atoms with van der Waals surface area (Å²) in [4.78, 5) is 27.0. The lowest BCUT2D eigenvalue weighted by molar-refractivity contribution is 0.0927. The van der Waals surface area contributed by atoms with Crippen molar-refractivity contribution < 1.29 is 23.1 Å². The molecule has 0 aliphatic carbocycles. The van der Waals surface area contributed by atoms with E-state index in [0.29, 0.717) is 41.1 Å². The van der Waals surface area contributed by atoms with Gasteiger partial charge in [-0.05, 0) is 51.3 Å². The first-order valence-electron chi connectivity index (χ1n) is 11.5. The summed E-state index contributed by atoms with van der Waals surface area (Å²) in [5.41, 5.74) is -0.240. The number of hydrogen-bond donors (Lipinski definition) is 2. The van der Waals surface area contributed by atoms with Gasteiger partial charge >= 0.3 is 6.09 Å². The molecule has 0 saturated carbocycles. The smallest absolute Gasteiger partial charge is 0.408 e. The number of nitrogens with one attached hydrogen (secondary N) is 1. The summed E-state index contributed by atoms with van der Waals surface area (Å²) in [5.74, 6) is 0.521. The van der Waals surface area contributed by atoms with Crippen LogP contribution in [0.4, 0.5) is 10.5 Å². The first kappa shape index (κ1) is 27.5. The molecule has 10 heteroatoms. The fourth-order valence-corrected chi connectivity index (χ4v) is 4.23. The van der Waals surface area contributed by atoms with Crippen molar-refractivity contribution in [2.45, 2.75) is 73.0 Å². The van der Waals surface area contributed by atoms with Crippen molar-refractivity contribution in [1.82, 2.24) is 9.47 Å². The highest BCUT2D eigenvalue weighted by molar-refractivity contribution is 7.92. The van der Waals surface area contributed by atoms with Crippen molar-refractivity contribution >= 4 is 32.6 Å². The van der Waals surface area contributed by atoms with E-state index < -0.39 is 21.7 Å². The van der Waals surface area contributed by atoms with Crippen molar-refractivity contribution in [3.63, 3.8) is 0 Å². The molecule has 0 bridgehead atoms. The van der Waals surface area contributed by atoms with Gasteiger partial charge in [0.05, 0.1) is 30.5 Å². The number of sulfonamides is 1. The van der Waals surface area contributed by atoms with Crippen LogP contribution in [0.25, 0.3) is 10.8 Å². The van der Waals surface area contributed by atoms with E-state index in [9.17, 15) is 23.1 Å². The van der Waals surface area contributed by atoms with Crippen molar-refractivity contribution in [3.05, 3.63) is 34.2 Å². The first-order chi connectivity index (χ1) is 15.7. The molecule has 2 N–H and O–H groups in total. The second kappa shape index (κ2) is 10.7. The minimum atomic E-state index is -3.53. The van der Waals surface area contributed by atoms with Crippen molar-refractivity contribution in [2.75, 3.05) is 17.6 Å². The molecule has 0 unspecified atom stereocenters. The molecule has 0 aliphatic heterocycles. The molecule has 1 aromatic carbocycles. The summed E-state index contributed by atoms with van der Waals surface area (Å²) in [6.45, 7) is 12.1. The zero-order valence-electron chi connectivity index (χ0n) is 21.1. The number of ether oxygens (including phenoxy) is 1. The third-order valence-corrected chi connectivity index (χ3v) is 5.88. The standard InChI is InChI=1S/C24H37N3O6S/c1-8-9-12-33-21-19-13-17(25-34(7,31)32)10-11-18(19)22(28)26(14-16(2)3)20(21)15-27(23(29)30)24(4,5)6/h10-11,13,16,25H,8-9,12,14-15H2,1-7H3,(H,29,30). The number of carboxylic acid groups (broad SMARTS) is 1. The number of benzene rings is 1. The summed E-state index contributed by atoms with van der Waals surface area (Å²) in [7, 11) is -3.53. The average molecular weight is 496 g/mol. The second-order valence-electron chi connectivity index (χ2n) is 9.96. The van der Waals surface area contributed by atoms with Crippen molar-refractivity contribution in [1.29, 1.82) is 0 Å². The summed E-state index contributed by atoms with van der Waals surface area (Å²) in [6, 6.07) is 4.69. The summed E-state index contributed by atoms with van der Waals surface area (Å²) < 4.78 is 33.8. The maximum Gasteiger partial charge on any atom is 0.408 e. The summed E-state index contributed by atoms with van der Waals surface area (Å²) >= 11 is 0. The van der Waals surface area contributed by atoms with E-state index in [2.05, 4.69) is 4.72 Å². The van der Waals surface area contributed by atoms with Crippen LogP contribution >= 0.6 is 0 Å². The average Bonchev–Trinajstić information content (AvgIpc) is 2.67. The number of fused-ring (bicyclic) bond motifs is 1. The Labute approximate surface area is 201 Å². The topological polar surface area (TPSA) is 118 Å².